The van der Waals surface area contributed by atoms with Crippen molar-refractivity contribution < 1.29 is 13.9 Å². The van der Waals surface area contributed by atoms with E-state index < -0.39 is 0 Å². The standard InChI is InChI=1S/C18H19N3O3/c22-17-21(12-18(24-17)11-20-8-5-14(18)6-9-20)16-4-3-15(23-16)13-2-1-7-19-10-13/h1-4,7,10,14H,5-6,8-9,11-12H2/t18-/m1/s1. The van der Waals surface area contributed by atoms with Gasteiger partial charge < -0.3 is 9.15 Å². The molecule has 0 aromatic carbocycles. The summed E-state index contributed by atoms with van der Waals surface area (Å²) in [5.74, 6) is 1.72. The second-order valence-corrected chi connectivity index (χ2v) is 6.95. The number of aromatic nitrogens is 1. The van der Waals surface area contributed by atoms with Crippen molar-refractivity contribution in [2.24, 2.45) is 5.92 Å². The van der Waals surface area contributed by atoms with Crippen molar-refractivity contribution >= 4 is 12.0 Å². The lowest BCUT2D eigenvalue weighted by Crippen LogP contribution is -2.61. The van der Waals surface area contributed by atoms with Crippen LogP contribution in [-0.2, 0) is 4.74 Å². The van der Waals surface area contributed by atoms with Gasteiger partial charge in [0.25, 0.3) is 0 Å². The molecule has 6 heteroatoms. The highest BCUT2D eigenvalue weighted by molar-refractivity contribution is 5.89. The number of anilines is 1. The summed E-state index contributed by atoms with van der Waals surface area (Å²) in [4.78, 5) is 20.6. The fourth-order valence-electron chi connectivity index (χ4n) is 4.32. The summed E-state index contributed by atoms with van der Waals surface area (Å²) in [5.41, 5.74) is 0.531. The Labute approximate surface area is 140 Å². The number of fused-ring (bicyclic) bond motifs is 2. The van der Waals surface area contributed by atoms with Crippen molar-refractivity contribution in [2.75, 3.05) is 31.1 Å². The summed E-state index contributed by atoms with van der Waals surface area (Å²) < 4.78 is 11.8. The maximum Gasteiger partial charge on any atom is 0.417 e. The predicted octanol–water partition coefficient (Wildman–Crippen LogP) is 2.76. The van der Waals surface area contributed by atoms with Gasteiger partial charge >= 0.3 is 6.09 Å². The van der Waals surface area contributed by atoms with Gasteiger partial charge in [-0.05, 0) is 44.1 Å². The zero-order valence-electron chi connectivity index (χ0n) is 13.4. The number of nitrogens with zero attached hydrogens (tertiary/aromatic N) is 3. The molecular formula is C18H19N3O3. The minimum absolute atomic E-state index is 0.296. The second kappa shape index (κ2) is 5.08. The Morgan fingerprint density at radius 2 is 2.04 bits per heavy atom. The predicted molar refractivity (Wildman–Crippen MR) is 87.7 cm³/mol. The van der Waals surface area contributed by atoms with E-state index in [2.05, 4.69) is 9.88 Å². The Kier molecular flexibility index (Phi) is 2.97. The molecule has 1 amide bonds. The van der Waals surface area contributed by atoms with E-state index >= 15 is 0 Å². The molecule has 4 aliphatic heterocycles. The maximum absolute atomic E-state index is 12.5. The Balaban J connectivity index is 1.42. The van der Waals surface area contributed by atoms with E-state index in [0.717, 1.165) is 38.0 Å². The van der Waals surface area contributed by atoms with Crippen LogP contribution in [0.4, 0.5) is 10.7 Å². The number of rotatable bonds is 2. The molecule has 1 spiro atoms. The smallest absolute Gasteiger partial charge is 0.417 e. The Hall–Kier alpha value is -2.34. The zero-order chi connectivity index (χ0) is 16.1. The van der Waals surface area contributed by atoms with Crippen LogP contribution in [0.15, 0.2) is 41.1 Å². The van der Waals surface area contributed by atoms with E-state index in [1.54, 1.807) is 17.3 Å². The lowest BCUT2D eigenvalue weighted by Gasteiger charge is -2.49. The van der Waals surface area contributed by atoms with Crippen molar-refractivity contribution in [1.29, 1.82) is 0 Å². The molecule has 1 atom stereocenters. The highest BCUT2D eigenvalue weighted by Gasteiger charge is 2.56. The fraction of sp³-hybridized carbons (Fsp3) is 0.444. The summed E-state index contributed by atoms with van der Waals surface area (Å²) in [6.45, 7) is 3.66. The third-order valence-corrected chi connectivity index (χ3v) is 5.56. The Bertz CT molecular complexity index is 767. The molecular weight excluding hydrogens is 306 g/mol. The molecule has 2 aromatic rings. The van der Waals surface area contributed by atoms with Crippen LogP contribution >= 0.6 is 0 Å². The molecule has 24 heavy (non-hydrogen) atoms. The first-order valence-electron chi connectivity index (χ1n) is 8.47. The van der Waals surface area contributed by atoms with Gasteiger partial charge in [-0.15, -0.1) is 0 Å². The van der Waals surface area contributed by atoms with E-state index in [-0.39, 0.29) is 11.7 Å². The van der Waals surface area contributed by atoms with E-state index in [1.165, 1.54) is 0 Å². The van der Waals surface area contributed by atoms with Crippen LogP contribution in [-0.4, -0.2) is 47.8 Å². The van der Waals surface area contributed by atoms with Gasteiger partial charge in [0.15, 0.2) is 0 Å². The number of piperidine rings is 3. The summed E-state index contributed by atoms with van der Waals surface area (Å²) in [6.07, 6.45) is 5.40. The molecule has 4 aliphatic rings. The molecule has 2 aromatic heterocycles. The number of carbonyl (C=O) groups excluding carboxylic acids is 1. The lowest BCUT2D eigenvalue weighted by atomic mass is 9.75. The van der Waals surface area contributed by atoms with Crippen LogP contribution in [0.25, 0.3) is 11.3 Å². The third-order valence-electron chi connectivity index (χ3n) is 5.56. The molecule has 0 N–H and O–H groups in total. The van der Waals surface area contributed by atoms with Gasteiger partial charge in [0.2, 0.25) is 5.88 Å². The fourth-order valence-corrected chi connectivity index (χ4v) is 4.32. The van der Waals surface area contributed by atoms with Crippen molar-refractivity contribution in [3.8, 4) is 11.3 Å². The molecule has 6 heterocycles. The summed E-state index contributed by atoms with van der Waals surface area (Å²) in [6, 6.07) is 7.52. The molecule has 2 bridgehead atoms. The largest absolute Gasteiger partial charge is 0.440 e. The molecule has 0 unspecified atom stereocenters. The number of hydrogen-bond donors (Lipinski definition) is 0. The minimum Gasteiger partial charge on any atom is -0.440 e. The van der Waals surface area contributed by atoms with Gasteiger partial charge in [-0.2, -0.15) is 0 Å². The van der Waals surface area contributed by atoms with Crippen molar-refractivity contribution in [1.82, 2.24) is 9.88 Å². The molecule has 4 saturated heterocycles. The SMILES string of the molecule is O=C1O[C@]2(CN3CCC2CC3)CN1c1ccc(-c2cccnc2)o1. The topological polar surface area (TPSA) is 58.8 Å². The van der Waals surface area contributed by atoms with Crippen LogP contribution in [0, 0.1) is 5.92 Å². The molecule has 0 radical (unpaired) electrons. The van der Waals surface area contributed by atoms with Gasteiger partial charge in [0, 0.05) is 36.5 Å². The van der Waals surface area contributed by atoms with Gasteiger partial charge in [0.05, 0.1) is 6.54 Å². The number of furan rings is 1. The molecule has 4 fully saturated rings. The Morgan fingerprint density at radius 1 is 1.17 bits per heavy atom. The first-order valence-corrected chi connectivity index (χ1v) is 8.47. The molecule has 0 saturated carbocycles. The van der Waals surface area contributed by atoms with Gasteiger partial charge in [-0.3, -0.25) is 9.88 Å². The minimum atomic E-state index is -0.366. The molecule has 6 rings (SSSR count). The Morgan fingerprint density at radius 3 is 2.75 bits per heavy atom. The highest BCUT2D eigenvalue weighted by atomic mass is 16.6. The number of carbonyl (C=O) groups is 1. The number of hydrogen-bond acceptors (Lipinski definition) is 5. The quantitative estimate of drug-likeness (QED) is 0.850. The number of amides is 1. The van der Waals surface area contributed by atoms with Crippen LogP contribution in [0.5, 0.6) is 0 Å². The molecule has 6 nitrogen and oxygen atoms in total. The van der Waals surface area contributed by atoms with Crippen molar-refractivity contribution in [3.63, 3.8) is 0 Å². The first kappa shape index (κ1) is 14.0. The third kappa shape index (κ3) is 2.06. The first-order chi connectivity index (χ1) is 11.7. The summed E-state index contributed by atoms with van der Waals surface area (Å²) in [7, 11) is 0. The van der Waals surface area contributed by atoms with Gasteiger partial charge in [-0.25, -0.2) is 9.69 Å². The molecule has 0 aliphatic carbocycles. The second-order valence-electron chi connectivity index (χ2n) is 6.95. The van der Waals surface area contributed by atoms with Crippen molar-refractivity contribution in [2.45, 2.75) is 18.4 Å². The van der Waals surface area contributed by atoms with Crippen LogP contribution in [0.1, 0.15) is 12.8 Å². The summed E-state index contributed by atoms with van der Waals surface area (Å²) in [5, 5.41) is 0. The average molecular weight is 325 g/mol. The number of pyridine rings is 1. The van der Waals surface area contributed by atoms with Crippen LogP contribution in [0.2, 0.25) is 0 Å². The van der Waals surface area contributed by atoms with Gasteiger partial charge in [0.1, 0.15) is 11.4 Å². The van der Waals surface area contributed by atoms with Crippen LogP contribution < -0.4 is 4.90 Å². The van der Waals surface area contributed by atoms with Gasteiger partial charge in [-0.1, -0.05) is 0 Å². The molecule has 124 valence electrons. The highest BCUT2D eigenvalue weighted by Crippen LogP contribution is 2.43. The maximum atomic E-state index is 12.5. The zero-order valence-corrected chi connectivity index (χ0v) is 13.4. The lowest BCUT2D eigenvalue weighted by molar-refractivity contribution is -0.0881. The van der Waals surface area contributed by atoms with Crippen molar-refractivity contribution in [3.05, 3.63) is 36.7 Å². The normalized spacial score (nSPS) is 31.7. The van der Waals surface area contributed by atoms with E-state index in [9.17, 15) is 4.79 Å². The average Bonchev–Trinajstić information content (AvgIpc) is 3.22. The monoisotopic (exact) mass is 325 g/mol. The van der Waals surface area contributed by atoms with E-state index in [4.69, 9.17) is 9.15 Å². The number of ether oxygens (including phenoxy) is 1. The van der Waals surface area contributed by atoms with E-state index in [1.807, 2.05) is 24.3 Å². The van der Waals surface area contributed by atoms with Crippen LogP contribution in [0.3, 0.4) is 0 Å². The van der Waals surface area contributed by atoms with E-state index in [0.29, 0.717) is 24.1 Å². The summed E-state index contributed by atoms with van der Waals surface area (Å²) >= 11 is 0.